The molecule has 4 aliphatic heterocycles. The van der Waals surface area contributed by atoms with Crippen molar-refractivity contribution in [3.8, 4) is 34.5 Å². The van der Waals surface area contributed by atoms with Crippen LogP contribution in [0.25, 0.3) is 0 Å². The number of ether oxygens (including phenoxy) is 6. The van der Waals surface area contributed by atoms with Crippen molar-refractivity contribution in [2.45, 2.75) is 39.2 Å². The molecule has 4 heterocycles. The van der Waals surface area contributed by atoms with Crippen LogP contribution in [0.15, 0.2) is 127 Å². The van der Waals surface area contributed by atoms with Gasteiger partial charge in [-0.05, 0) is 97.8 Å². The summed E-state index contributed by atoms with van der Waals surface area (Å²) in [5.41, 5.74) is 3.58. The van der Waals surface area contributed by atoms with Crippen molar-refractivity contribution < 1.29 is 47.6 Å². The molecule has 290 valence electrons. The maximum absolute atomic E-state index is 13.5. The highest BCUT2D eigenvalue weighted by Gasteiger charge is 2.39. The third-order valence-corrected chi connectivity index (χ3v) is 10.7. The second kappa shape index (κ2) is 14.1. The molecule has 0 spiro atoms. The minimum Gasteiger partial charge on any atom is -0.469 e. The highest BCUT2D eigenvalue weighted by molar-refractivity contribution is 6.34. The highest BCUT2D eigenvalue weighted by Crippen LogP contribution is 2.40. The Balaban J connectivity index is 0.856. The van der Waals surface area contributed by atoms with Crippen molar-refractivity contribution in [1.29, 1.82) is 0 Å². The van der Waals surface area contributed by atoms with E-state index in [9.17, 15) is 19.2 Å². The largest absolute Gasteiger partial charge is 0.469 e. The number of imide groups is 2. The standard InChI is InChI=1S/C46H36N2O10/c1-5-29(20-40-26(2)53-24-55-40)47-42(49)35-17-15-33(22-37(35)44(47)51)57-31-11-6-27(7-12-31)46(3,4)28-8-13-32(14-9-28)58-34-16-18-36-38(23-34)45(52)48(43(36)50)30-10-19-39-41(21-30)56-25-54-39/h5-23,26H,24-25H2,1-4H3/b29-5+,40-20+. The molecule has 0 saturated carbocycles. The molecule has 1 atom stereocenters. The van der Waals surface area contributed by atoms with Crippen LogP contribution in [0, 0.1) is 0 Å². The topological polar surface area (TPSA) is 130 Å². The number of fused-ring (bicyclic) bond motifs is 3. The molecule has 1 saturated heterocycles. The van der Waals surface area contributed by atoms with Crippen molar-refractivity contribution in [3.63, 3.8) is 0 Å². The van der Waals surface area contributed by atoms with Crippen LogP contribution < -0.4 is 23.8 Å². The van der Waals surface area contributed by atoms with Crippen LogP contribution in [-0.4, -0.2) is 48.2 Å². The Labute approximate surface area is 333 Å². The number of nitrogens with zero attached hydrogens (tertiary/aromatic N) is 2. The number of allylic oxidation sites excluding steroid dienone is 2. The van der Waals surface area contributed by atoms with E-state index in [2.05, 4.69) is 13.8 Å². The number of hydrogen-bond acceptors (Lipinski definition) is 10. The van der Waals surface area contributed by atoms with Gasteiger partial charge >= 0.3 is 0 Å². The molecule has 0 aliphatic carbocycles. The molecule has 5 aromatic rings. The molecule has 5 aromatic carbocycles. The molecule has 0 aromatic heterocycles. The number of carbonyl (C=O) groups excluding carboxylic acids is 4. The van der Waals surface area contributed by atoms with Gasteiger partial charge in [0, 0.05) is 17.6 Å². The van der Waals surface area contributed by atoms with Gasteiger partial charge in [-0.25, -0.2) is 9.80 Å². The van der Waals surface area contributed by atoms with Crippen LogP contribution in [0.2, 0.25) is 0 Å². The molecule has 0 bridgehead atoms. The zero-order valence-corrected chi connectivity index (χ0v) is 31.9. The molecule has 4 aliphatic rings. The summed E-state index contributed by atoms with van der Waals surface area (Å²) in [7, 11) is 0. The van der Waals surface area contributed by atoms with Gasteiger partial charge in [0.15, 0.2) is 18.3 Å². The quantitative estimate of drug-likeness (QED) is 0.134. The van der Waals surface area contributed by atoms with Crippen LogP contribution in [0.5, 0.6) is 34.5 Å². The highest BCUT2D eigenvalue weighted by atomic mass is 16.7. The second-order valence-electron chi connectivity index (χ2n) is 14.6. The zero-order valence-electron chi connectivity index (χ0n) is 31.9. The summed E-state index contributed by atoms with van der Waals surface area (Å²) in [6.07, 6.45) is 3.06. The SMILES string of the molecule is C/C=C(\C=C1\OCOC1C)N1C(=O)c2ccc(Oc3ccc(C(C)(C)c4ccc(Oc5ccc6c(c5)C(=O)N(c5ccc7c(c5)OCO7)C6=O)cc4)cc3)cc2C1=O. The van der Waals surface area contributed by atoms with Gasteiger partial charge in [-0.3, -0.25) is 19.2 Å². The van der Waals surface area contributed by atoms with Crippen molar-refractivity contribution in [2.75, 3.05) is 18.5 Å². The summed E-state index contributed by atoms with van der Waals surface area (Å²) in [4.78, 5) is 55.7. The summed E-state index contributed by atoms with van der Waals surface area (Å²) in [6.45, 7) is 8.03. The molecule has 12 nitrogen and oxygen atoms in total. The van der Waals surface area contributed by atoms with E-state index in [1.54, 1.807) is 73.7 Å². The van der Waals surface area contributed by atoms with Crippen LogP contribution in [0.3, 0.4) is 0 Å². The molecular weight excluding hydrogens is 741 g/mol. The van der Waals surface area contributed by atoms with Gasteiger partial charge < -0.3 is 28.4 Å². The molecule has 0 N–H and O–H groups in total. The van der Waals surface area contributed by atoms with Gasteiger partial charge in [0.05, 0.1) is 33.6 Å². The Hall–Kier alpha value is -7.18. The van der Waals surface area contributed by atoms with Crippen LogP contribution in [0.1, 0.15) is 80.3 Å². The van der Waals surface area contributed by atoms with Gasteiger partial charge in [-0.2, -0.15) is 0 Å². The fraction of sp³-hybridized carbons (Fsp3) is 0.174. The minimum atomic E-state index is -0.447. The van der Waals surface area contributed by atoms with E-state index >= 15 is 0 Å². The van der Waals surface area contributed by atoms with E-state index in [-0.39, 0.29) is 30.8 Å². The van der Waals surface area contributed by atoms with E-state index < -0.39 is 29.0 Å². The maximum Gasteiger partial charge on any atom is 0.266 e. The molecule has 9 rings (SSSR count). The van der Waals surface area contributed by atoms with Crippen molar-refractivity contribution >= 4 is 29.3 Å². The lowest BCUT2D eigenvalue weighted by Crippen LogP contribution is -2.29. The Bertz CT molecular complexity index is 2610. The maximum atomic E-state index is 13.5. The first kappa shape index (κ1) is 36.5. The molecular formula is C46H36N2O10. The third-order valence-electron chi connectivity index (χ3n) is 10.7. The van der Waals surface area contributed by atoms with Crippen molar-refractivity contribution in [1.82, 2.24) is 4.90 Å². The molecule has 0 radical (unpaired) electrons. The van der Waals surface area contributed by atoms with E-state index in [4.69, 9.17) is 28.4 Å². The van der Waals surface area contributed by atoms with Gasteiger partial charge in [0.25, 0.3) is 23.6 Å². The van der Waals surface area contributed by atoms with Crippen LogP contribution in [0.4, 0.5) is 5.69 Å². The lowest BCUT2D eigenvalue weighted by molar-refractivity contribution is 0.0553. The Morgan fingerprint density at radius 3 is 1.74 bits per heavy atom. The first-order valence-corrected chi connectivity index (χ1v) is 18.6. The van der Waals surface area contributed by atoms with Crippen LogP contribution in [-0.2, 0) is 14.9 Å². The van der Waals surface area contributed by atoms with Crippen molar-refractivity contribution in [3.05, 3.63) is 160 Å². The molecule has 58 heavy (non-hydrogen) atoms. The average molecular weight is 777 g/mol. The number of benzene rings is 5. The first-order chi connectivity index (χ1) is 28.0. The second-order valence-corrected chi connectivity index (χ2v) is 14.6. The smallest absolute Gasteiger partial charge is 0.266 e. The van der Waals surface area contributed by atoms with E-state index in [1.807, 2.05) is 55.5 Å². The normalized spacial score (nSPS) is 17.9. The Morgan fingerprint density at radius 2 is 1.16 bits per heavy atom. The van der Waals surface area contributed by atoms with E-state index in [0.29, 0.717) is 62.8 Å². The predicted molar refractivity (Wildman–Crippen MR) is 211 cm³/mol. The number of rotatable bonds is 9. The summed E-state index contributed by atoms with van der Waals surface area (Å²) in [6, 6.07) is 30.1. The van der Waals surface area contributed by atoms with Gasteiger partial charge in [-0.1, -0.05) is 44.2 Å². The number of anilines is 1. The predicted octanol–water partition coefficient (Wildman–Crippen LogP) is 8.90. The number of amides is 4. The fourth-order valence-electron chi connectivity index (χ4n) is 7.36. The van der Waals surface area contributed by atoms with Crippen LogP contribution >= 0.6 is 0 Å². The summed E-state index contributed by atoms with van der Waals surface area (Å²) in [5, 5.41) is 0. The third kappa shape index (κ3) is 6.23. The average Bonchev–Trinajstić information content (AvgIpc) is 3.98. The Kier molecular flexibility index (Phi) is 8.85. The molecule has 1 fully saturated rings. The van der Waals surface area contributed by atoms with Crippen molar-refractivity contribution in [2.24, 2.45) is 0 Å². The first-order valence-electron chi connectivity index (χ1n) is 18.6. The fourth-order valence-corrected chi connectivity index (χ4v) is 7.36. The molecule has 1 unspecified atom stereocenters. The summed E-state index contributed by atoms with van der Waals surface area (Å²) >= 11 is 0. The monoisotopic (exact) mass is 776 g/mol. The minimum absolute atomic E-state index is 0.0862. The lowest BCUT2D eigenvalue weighted by atomic mass is 9.78. The molecule has 4 amide bonds. The molecule has 12 heteroatoms. The summed E-state index contributed by atoms with van der Waals surface area (Å²) < 4.78 is 34.0. The number of hydrogen-bond donors (Lipinski definition) is 0. The zero-order chi connectivity index (χ0) is 40.3. The van der Waals surface area contributed by atoms with E-state index in [0.717, 1.165) is 20.9 Å². The Morgan fingerprint density at radius 1 is 0.621 bits per heavy atom. The van der Waals surface area contributed by atoms with Gasteiger partial charge in [-0.15, -0.1) is 0 Å². The summed E-state index contributed by atoms with van der Waals surface area (Å²) in [5.74, 6) is 1.83. The van der Waals surface area contributed by atoms with Gasteiger partial charge in [0.1, 0.15) is 34.9 Å². The lowest BCUT2D eigenvalue weighted by Gasteiger charge is -2.26. The van der Waals surface area contributed by atoms with Gasteiger partial charge in [0.2, 0.25) is 6.79 Å². The number of carbonyl (C=O) groups is 4. The van der Waals surface area contributed by atoms with E-state index in [1.165, 1.54) is 0 Å².